The summed E-state index contributed by atoms with van der Waals surface area (Å²) in [5, 5.41) is 14.0. The Morgan fingerprint density at radius 3 is 2.62 bits per heavy atom. The van der Waals surface area contributed by atoms with E-state index in [2.05, 4.69) is 56.4 Å². The largest absolute Gasteiger partial charge is 0.543 e. The van der Waals surface area contributed by atoms with Crippen molar-refractivity contribution >= 4 is 29.3 Å². The maximum Gasteiger partial charge on any atom is 0.264 e. The Hall–Kier alpha value is -2.29. The number of benzene rings is 1. The van der Waals surface area contributed by atoms with Gasteiger partial charge in [-0.3, -0.25) is 14.2 Å². The lowest BCUT2D eigenvalue weighted by Gasteiger charge is -2.36. The van der Waals surface area contributed by atoms with Crippen LogP contribution in [0.3, 0.4) is 0 Å². The molecule has 0 spiro atoms. The topological polar surface area (TPSA) is 119 Å². The van der Waals surface area contributed by atoms with Gasteiger partial charge in [-0.1, -0.05) is 20.8 Å². The smallest absolute Gasteiger partial charge is 0.264 e. The van der Waals surface area contributed by atoms with Crippen molar-refractivity contribution in [1.82, 2.24) is 24.9 Å². The first kappa shape index (κ1) is 30.7. The molecule has 40 heavy (non-hydrogen) atoms. The van der Waals surface area contributed by atoms with Gasteiger partial charge in [-0.05, 0) is 55.6 Å². The van der Waals surface area contributed by atoms with Gasteiger partial charge in [-0.2, -0.15) is 18.6 Å². The summed E-state index contributed by atoms with van der Waals surface area (Å²) in [6, 6.07) is 6.19. The molecule has 4 rings (SSSR count). The maximum absolute atomic E-state index is 11.0. The van der Waals surface area contributed by atoms with Crippen molar-refractivity contribution < 1.29 is 26.5 Å². The predicted octanol–water partition coefficient (Wildman–Crippen LogP) is 4.52. The van der Waals surface area contributed by atoms with Crippen LogP contribution in [0, 0.1) is 0 Å². The first-order chi connectivity index (χ1) is 18.8. The van der Waals surface area contributed by atoms with Gasteiger partial charge in [0.05, 0.1) is 31.2 Å². The molecule has 1 atom stereocenters. The number of unbranched alkanes of at least 4 members (excludes halogenated alkanes) is 1. The summed E-state index contributed by atoms with van der Waals surface area (Å²) in [6.45, 7) is 14.6. The van der Waals surface area contributed by atoms with Crippen molar-refractivity contribution in [3.05, 3.63) is 30.6 Å². The third-order valence-corrected chi connectivity index (χ3v) is 12.3. The first-order valence-corrected chi connectivity index (χ1v) is 18.6. The van der Waals surface area contributed by atoms with Crippen molar-refractivity contribution in [3.63, 3.8) is 0 Å². The molecule has 3 aromatic rings. The van der Waals surface area contributed by atoms with E-state index in [1.807, 2.05) is 27.8 Å². The summed E-state index contributed by atoms with van der Waals surface area (Å²) >= 11 is 0. The molecule has 1 fully saturated rings. The lowest BCUT2D eigenvalue weighted by atomic mass is 10.1. The number of hydrogen-bond donors (Lipinski definition) is 1. The highest BCUT2D eigenvalue weighted by Crippen LogP contribution is 2.39. The van der Waals surface area contributed by atoms with Gasteiger partial charge in [0.1, 0.15) is 11.4 Å². The molecule has 0 bridgehead atoms. The summed E-state index contributed by atoms with van der Waals surface area (Å²) in [7, 11) is -5.39. The summed E-state index contributed by atoms with van der Waals surface area (Å²) in [5.41, 5.74) is 2.76. The fourth-order valence-corrected chi connectivity index (χ4v) is 5.59. The van der Waals surface area contributed by atoms with Gasteiger partial charge in [-0.25, -0.2) is 4.68 Å². The molecule has 11 nitrogen and oxygen atoms in total. The first-order valence-electron chi connectivity index (χ1n) is 13.9. The van der Waals surface area contributed by atoms with E-state index in [-0.39, 0.29) is 18.0 Å². The minimum Gasteiger partial charge on any atom is -0.543 e. The van der Waals surface area contributed by atoms with Crippen LogP contribution in [0.4, 0.5) is 0 Å². The Balaban J connectivity index is 1.42. The van der Waals surface area contributed by atoms with E-state index >= 15 is 0 Å². The molecule has 13 heteroatoms. The summed E-state index contributed by atoms with van der Waals surface area (Å²) in [6.07, 6.45) is 6.94. The number of hydrogen-bond acceptors (Lipinski definition) is 9. The Morgan fingerprint density at radius 2 is 1.93 bits per heavy atom. The van der Waals surface area contributed by atoms with Crippen molar-refractivity contribution in [3.8, 4) is 17.0 Å². The van der Waals surface area contributed by atoms with Gasteiger partial charge < -0.3 is 13.9 Å². The summed E-state index contributed by atoms with van der Waals surface area (Å²) < 4.78 is 48.6. The number of fused-ring (bicyclic) bond motifs is 1. The molecular formula is C27H43N5O6SSi. The number of nitrogens with zero attached hydrogens (tertiary/aromatic N) is 4. The summed E-state index contributed by atoms with van der Waals surface area (Å²) in [4.78, 5) is 0. The van der Waals surface area contributed by atoms with Crippen LogP contribution in [0.2, 0.25) is 18.1 Å². The van der Waals surface area contributed by atoms with Crippen LogP contribution in [-0.2, 0) is 30.3 Å². The average molecular weight is 594 g/mol. The lowest BCUT2D eigenvalue weighted by molar-refractivity contribution is 0.0382. The highest BCUT2D eigenvalue weighted by Gasteiger charge is 2.39. The van der Waals surface area contributed by atoms with Gasteiger partial charge in [0.2, 0.25) is 14.7 Å². The minimum absolute atomic E-state index is 0.0927. The van der Waals surface area contributed by atoms with E-state index in [0.29, 0.717) is 26.2 Å². The van der Waals surface area contributed by atoms with Gasteiger partial charge >= 0.3 is 0 Å². The van der Waals surface area contributed by atoms with Crippen LogP contribution in [-0.4, -0.2) is 75.5 Å². The second-order valence-electron chi connectivity index (χ2n) is 11.7. The number of rotatable bonds is 14. The third kappa shape index (κ3) is 7.92. The number of aryl methyl sites for hydroxylation is 1. The molecule has 1 saturated heterocycles. The van der Waals surface area contributed by atoms with Gasteiger partial charge in [0, 0.05) is 43.4 Å². The van der Waals surface area contributed by atoms with Crippen molar-refractivity contribution in [2.75, 3.05) is 39.2 Å². The van der Waals surface area contributed by atoms with E-state index < -0.39 is 18.4 Å². The van der Waals surface area contributed by atoms with Crippen LogP contribution in [0.5, 0.6) is 5.75 Å². The van der Waals surface area contributed by atoms with E-state index in [1.54, 1.807) is 0 Å². The van der Waals surface area contributed by atoms with Gasteiger partial charge in [0.25, 0.3) is 10.1 Å². The second kappa shape index (κ2) is 12.7. The SMILES string of the molecule is CC(C)(C)[Si](C)(C)Oc1ccc2c(c1)c(-c1cnn(CCCCOCCCOS(C)(=O)=O)c1)nn2C1NCCO1. The number of nitrogens with one attached hydrogen (secondary N) is 1. The highest BCUT2D eigenvalue weighted by molar-refractivity contribution is 7.85. The number of aromatic nitrogens is 4. The van der Waals surface area contributed by atoms with Crippen molar-refractivity contribution in [2.24, 2.45) is 0 Å². The maximum atomic E-state index is 11.0. The molecule has 0 radical (unpaired) electrons. The molecular weight excluding hydrogens is 550 g/mol. The molecule has 1 unspecified atom stereocenters. The molecule has 222 valence electrons. The Kier molecular flexibility index (Phi) is 9.73. The zero-order chi connectivity index (χ0) is 29.0. The van der Waals surface area contributed by atoms with Crippen molar-refractivity contribution in [1.29, 1.82) is 0 Å². The van der Waals surface area contributed by atoms with Crippen LogP contribution < -0.4 is 9.74 Å². The van der Waals surface area contributed by atoms with Crippen molar-refractivity contribution in [2.45, 2.75) is 71.1 Å². The monoisotopic (exact) mass is 593 g/mol. The summed E-state index contributed by atoms with van der Waals surface area (Å²) in [5.74, 6) is 0.857. The molecule has 0 saturated carbocycles. The average Bonchev–Trinajstić information content (AvgIpc) is 3.61. The van der Waals surface area contributed by atoms with E-state index in [4.69, 9.17) is 23.2 Å². The molecule has 0 amide bonds. The Labute approximate surface area is 238 Å². The second-order valence-corrected chi connectivity index (χ2v) is 18.1. The number of ether oxygens (including phenoxy) is 2. The van der Waals surface area contributed by atoms with Crippen LogP contribution in [0.25, 0.3) is 22.2 Å². The standard InChI is InChI=1S/C27H43N5O6SSi/c1-27(2,3)40(5,6)38-22-10-11-24-23(18-22)25(30-32(24)26-28-12-17-36-26)21-19-29-31(20-21)13-7-8-14-35-15-9-16-37-39(4,33)34/h10-11,18-20,26,28H,7-9,12-17H2,1-6H3. The molecule has 2 aromatic heterocycles. The molecule has 1 aromatic carbocycles. The van der Waals surface area contributed by atoms with Crippen LogP contribution in [0.15, 0.2) is 30.6 Å². The molecule has 3 heterocycles. The highest BCUT2D eigenvalue weighted by atomic mass is 32.2. The van der Waals surface area contributed by atoms with E-state index in [1.165, 1.54) is 0 Å². The minimum atomic E-state index is -3.39. The zero-order valence-corrected chi connectivity index (χ0v) is 26.3. The third-order valence-electron chi connectivity index (χ3n) is 7.34. The molecule has 1 aliphatic heterocycles. The fourth-order valence-electron chi connectivity index (χ4n) is 4.15. The van der Waals surface area contributed by atoms with E-state index in [0.717, 1.165) is 60.1 Å². The van der Waals surface area contributed by atoms with Crippen LogP contribution >= 0.6 is 0 Å². The normalized spacial score (nSPS) is 16.7. The Bertz CT molecular complexity index is 1380. The fraction of sp³-hybridized carbons (Fsp3) is 0.630. The Morgan fingerprint density at radius 1 is 1.15 bits per heavy atom. The predicted molar refractivity (Wildman–Crippen MR) is 157 cm³/mol. The lowest BCUT2D eigenvalue weighted by Crippen LogP contribution is -2.43. The quantitative estimate of drug-likeness (QED) is 0.163. The zero-order valence-electron chi connectivity index (χ0n) is 24.5. The van der Waals surface area contributed by atoms with Gasteiger partial charge in [0.15, 0.2) is 0 Å². The molecule has 0 aliphatic carbocycles. The van der Waals surface area contributed by atoms with E-state index in [9.17, 15) is 8.42 Å². The van der Waals surface area contributed by atoms with Crippen LogP contribution in [0.1, 0.15) is 46.4 Å². The molecule has 1 N–H and O–H groups in total. The van der Waals surface area contributed by atoms with Gasteiger partial charge in [-0.15, -0.1) is 0 Å². The molecule has 1 aliphatic rings.